The summed E-state index contributed by atoms with van der Waals surface area (Å²) in [7, 11) is 0. The number of ether oxygens (including phenoxy) is 1. The number of likely N-dealkylation sites (tertiary alicyclic amines) is 1. The average molecular weight is 345 g/mol. The van der Waals surface area contributed by atoms with Gasteiger partial charge in [0.15, 0.2) is 0 Å². The van der Waals surface area contributed by atoms with E-state index in [4.69, 9.17) is 4.74 Å². The minimum Gasteiger partial charge on any atom is -0.493 e. The van der Waals surface area contributed by atoms with Crippen LogP contribution in [0, 0.1) is 5.92 Å². The van der Waals surface area contributed by atoms with E-state index in [1.165, 1.54) is 0 Å². The molecule has 0 bridgehead atoms. The Kier molecular flexibility index (Phi) is 6.28. The molecule has 2 N–H and O–H groups in total. The summed E-state index contributed by atoms with van der Waals surface area (Å²) in [6.45, 7) is 3.43. The van der Waals surface area contributed by atoms with E-state index in [9.17, 15) is 9.59 Å². The largest absolute Gasteiger partial charge is 0.493 e. The van der Waals surface area contributed by atoms with E-state index >= 15 is 0 Å². The first-order valence-electron chi connectivity index (χ1n) is 9.19. The Balaban J connectivity index is 1.42. The minimum absolute atomic E-state index is 0.0657. The number of benzene rings is 1. The van der Waals surface area contributed by atoms with Crippen LogP contribution in [-0.2, 0) is 9.59 Å². The number of rotatable bonds is 6. The zero-order valence-electron chi connectivity index (χ0n) is 14.6. The molecule has 2 atom stereocenters. The van der Waals surface area contributed by atoms with Crippen molar-refractivity contribution in [3.05, 3.63) is 30.3 Å². The molecule has 3 rings (SSSR count). The maximum atomic E-state index is 12.4. The third-order valence-electron chi connectivity index (χ3n) is 4.88. The van der Waals surface area contributed by atoms with Gasteiger partial charge in [-0.05, 0) is 37.9 Å². The fourth-order valence-corrected chi connectivity index (χ4v) is 3.45. The van der Waals surface area contributed by atoms with Crippen LogP contribution >= 0.6 is 0 Å². The topological polar surface area (TPSA) is 70.7 Å². The van der Waals surface area contributed by atoms with Crippen LogP contribution in [0.25, 0.3) is 0 Å². The van der Waals surface area contributed by atoms with Crippen molar-refractivity contribution in [1.82, 2.24) is 15.5 Å². The Labute approximate surface area is 148 Å². The summed E-state index contributed by atoms with van der Waals surface area (Å²) >= 11 is 0. The second-order valence-corrected chi connectivity index (χ2v) is 6.79. The van der Waals surface area contributed by atoms with Gasteiger partial charge in [0.2, 0.25) is 11.8 Å². The highest BCUT2D eigenvalue weighted by Gasteiger charge is 2.29. The third-order valence-corrected chi connectivity index (χ3v) is 4.88. The number of nitrogens with zero attached hydrogens (tertiary/aromatic N) is 1. The first-order chi connectivity index (χ1) is 12.2. The van der Waals surface area contributed by atoms with Crippen molar-refractivity contribution < 1.29 is 14.3 Å². The van der Waals surface area contributed by atoms with E-state index in [0.29, 0.717) is 19.6 Å². The average Bonchev–Trinajstić information content (AvgIpc) is 3.15. The Morgan fingerprint density at radius 1 is 1.24 bits per heavy atom. The number of carbonyl (C=O) groups excluding carboxylic acids is 2. The zero-order valence-corrected chi connectivity index (χ0v) is 14.6. The molecule has 1 aromatic rings. The lowest BCUT2D eigenvalue weighted by atomic mass is 9.96. The molecule has 2 heterocycles. The maximum absolute atomic E-state index is 12.4. The van der Waals surface area contributed by atoms with Gasteiger partial charge in [-0.15, -0.1) is 0 Å². The molecule has 2 aliphatic heterocycles. The smallest absolute Gasteiger partial charge is 0.226 e. The summed E-state index contributed by atoms with van der Waals surface area (Å²) < 4.78 is 5.60. The van der Waals surface area contributed by atoms with E-state index in [0.717, 1.165) is 44.6 Å². The predicted octanol–water partition coefficient (Wildman–Crippen LogP) is 1.17. The van der Waals surface area contributed by atoms with Gasteiger partial charge in [0.25, 0.3) is 0 Å². The molecule has 1 aromatic carbocycles. The quantitative estimate of drug-likeness (QED) is 0.812. The van der Waals surface area contributed by atoms with Crippen LogP contribution in [0.2, 0.25) is 0 Å². The van der Waals surface area contributed by atoms with Crippen LogP contribution in [0.1, 0.15) is 25.7 Å². The summed E-state index contributed by atoms with van der Waals surface area (Å²) in [5.74, 6) is 0.840. The van der Waals surface area contributed by atoms with E-state index in [1.807, 2.05) is 35.2 Å². The number of carbonyl (C=O) groups is 2. The molecule has 6 heteroatoms. The molecule has 0 aromatic heterocycles. The number of hydrogen-bond acceptors (Lipinski definition) is 4. The highest BCUT2D eigenvalue weighted by atomic mass is 16.5. The number of piperidine rings is 1. The van der Waals surface area contributed by atoms with Gasteiger partial charge in [-0.25, -0.2) is 0 Å². The lowest BCUT2D eigenvalue weighted by Gasteiger charge is -2.32. The van der Waals surface area contributed by atoms with Gasteiger partial charge < -0.3 is 20.3 Å². The fourth-order valence-electron chi connectivity index (χ4n) is 3.45. The van der Waals surface area contributed by atoms with Gasteiger partial charge >= 0.3 is 0 Å². The van der Waals surface area contributed by atoms with Crippen LogP contribution in [0.3, 0.4) is 0 Å². The molecule has 136 valence electrons. The van der Waals surface area contributed by atoms with E-state index < -0.39 is 0 Å². The lowest BCUT2D eigenvalue weighted by Crippen LogP contribution is -2.48. The van der Waals surface area contributed by atoms with Crippen LogP contribution in [-0.4, -0.2) is 55.5 Å². The summed E-state index contributed by atoms with van der Waals surface area (Å²) in [6, 6.07) is 9.74. The molecule has 0 spiro atoms. The molecule has 6 nitrogen and oxygen atoms in total. The zero-order chi connectivity index (χ0) is 17.5. The van der Waals surface area contributed by atoms with Crippen molar-refractivity contribution >= 4 is 11.8 Å². The van der Waals surface area contributed by atoms with Crippen molar-refractivity contribution in [1.29, 1.82) is 0 Å². The van der Waals surface area contributed by atoms with Gasteiger partial charge in [-0.3, -0.25) is 9.59 Å². The Hall–Kier alpha value is -2.08. The van der Waals surface area contributed by atoms with Crippen LogP contribution in [0.15, 0.2) is 30.3 Å². The Bertz CT molecular complexity index is 573. The molecule has 0 radical (unpaired) electrons. The summed E-state index contributed by atoms with van der Waals surface area (Å²) in [5.41, 5.74) is 0. The summed E-state index contributed by atoms with van der Waals surface area (Å²) in [4.78, 5) is 26.6. The number of hydrogen-bond donors (Lipinski definition) is 2. The van der Waals surface area contributed by atoms with E-state index in [-0.39, 0.29) is 23.8 Å². The van der Waals surface area contributed by atoms with Crippen molar-refractivity contribution in [2.45, 2.75) is 31.7 Å². The monoisotopic (exact) mass is 345 g/mol. The fraction of sp³-hybridized carbons (Fsp3) is 0.579. The molecule has 2 saturated heterocycles. The minimum atomic E-state index is -0.0895. The number of para-hydroxylation sites is 1. The number of amides is 2. The van der Waals surface area contributed by atoms with E-state index in [1.54, 1.807) is 0 Å². The lowest BCUT2D eigenvalue weighted by molar-refractivity contribution is -0.136. The van der Waals surface area contributed by atoms with Gasteiger partial charge in [0.05, 0.1) is 18.9 Å². The van der Waals surface area contributed by atoms with Crippen LogP contribution in [0.5, 0.6) is 5.75 Å². The first-order valence-corrected chi connectivity index (χ1v) is 9.19. The Morgan fingerprint density at radius 3 is 2.84 bits per heavy atom. The van der Waals surface area contributed by atoms with Crippen molar-refractivity contribution in [2.75, 3.05) is 32.8 Å². The molecule has 0 aliphatic carbocycles. The van der Waals surface area contributed by atoms with Crippen molar-refractivity contribution in [2.24, 2.45) is 5.92 Å². The molecule has 2 fully saturated rings. The second kappa shape index (κ2) is 8.85. The molecule has 25 heavy (non-hydrogen) atoms. The van der Waals surface area contributed by atoms with E-state index in [2.05, 4.69) is 10.6 Å². The highest BCUT2D eigenvalue weighted by Crippen LogP contribution is 2.18. The maximum Gasteiger partial charge on any atom is 0.226 e. The first kappa shape index (κ1) is 17.7. The summed E-state index contributed by atoms with van der Waals surface area (Å²) in [6.07, 6.45) is 3.07. The van der Waals surface area contributed by atoms with Crippen molar-refractivity contribution in [3.8, 4) is 5.75 Å². The van der Waals surface area contributed by atoms with Crippen LogP contribution in [0.4, 0.5) is 0 Å². The van der Waals surface area contributed by atoms with Gasteiger partial charge in [0.1, 0.15) is 5.75 Å². The molecule has 2 aliphatic rings. The summed E-state index contributed by atoms with van der Waals surface area (Å²) in [5, 5.41) is 6.36. The van der Waals surface area contributed by atoms with Crippen LogP contribution < -0.4 is 15.4 Å². The highest BCUT2D eigenvalue weighted by molar-refractivity contribution is 5.81. The standard InChI is InChI=1S/C19H27N3O3/c23-18(9-12-25-17-6-2-1-3-7-17)22-11-4-5-15(14-22)19(24)21-16-8-10-20-13-16/h1-3,6-7,15-16,20H,4-5,8-14H2,(H,21,24). The van der Waals surface area contributed by atoms with Gasteiger partial charge in [0, 0.05) is 25.7 Å². The SMILES string of the molecule is O=C(NC1CCNC1)C1CCCN(C(=O)CCOc2ccccc2)C1. The third kappa shape index (κ3) is 5.19. The predicted molar refractivity (Wildman–Crippen MR) is 95.3 cm³/mol. The molecule has 0 saturated carbocycles. The molecule has 2 amide bonds. The molecular formula is C19H27N3O3. The van der Waals surface area contributed by atoms with Gasteiger partial charge in [-0.1, -0.05) is 18.2 Å². The van der Waals surface area contributed by atoms with Gasteiger partial charge in [-0.2, -0.15) is 0 Å². The normalized spacial score (nSPS) is 23.3. The molecular weight excluding hydrogens is 318 g/mol. The molecule has 2 unspecified atom stereocenters. The second-order valence-electron chi connectivity index (χ2n) is 6.79. The number of nitrogens with one attached hydrogen (secondary N) is 2. The Morgan fingerprint density at radius 2 is 2.08 bits per heavy atom. The van der Waals surface area contributed by atoms with Crippen molar-refractivity contribution in [3.63, 3.8) is 0 Å².